The van der Waals surface area contributed by atoms with Gasteiger partial charge >= 0.3 is 0 Å². The van der Waals surface area contributed by atoms with Crippen molar-refractivity contribution >= 4 is 12.1 Å². The third kappa shape index (κ3) is 1.13. The molecule has 0 unspecified atom stereocenters. The molecule has 2 nitrogen and oxygen atoms in total. The molecular formula is C9H12N2. The summed E-state index contributed by atoms with van der Waals surface area (Å²) in [5, 5.41) is 0. The lowest BCUT2D eigenvalue weighted by Crippen LogP contribution is -1.96. The fraction of sp³-hybridized carbons (Fsp3) is 0.556. The molecule has 0 amide bonds. The van der Waals surface area contributed by atoms with Crippen LogP contribution in [0.3, 0.4) is 0 Å². The average Bonchev–Trinajstić information content (AvgIpc) is 2.40. The Kier molecular flexibility index (Phi) is 1.60. The third-order valence-corrected chi connectivity index (χ3v) is 2.33. The number of hydrogen-bond donors (Lipinski definition) is 0. The van der Waals surface area contributed by atoms with Crippen LogP contribution in [0.25, 0.3) is 0 Å². The highest BCUT2D eigenvalue weighted by atomic mass is 14.9. The lowest BCUT2D eigenvalue weighted by Gasteiger charge is -2.00. The smallest absolute Gasteiger partial charge is 0.110 e. The van der Waals surface area contributed by atoms with Gasteiger partial charge in [-0.15, -0.1) is 0 Å². The van der Waals surface area contributed by atoms with Crippen molar-refractivity contribution in [3.8, 4) is 0 Å². The zero-order valence-electron chi connectivity index (χ0n) is 6.80. The maximum Gasteiger partial charge on any atom is 0.110 e. The van der Waals surface area contributed by atoms with Gasteiger partial charge in [-0.05, 0) is 37.3 Å². The van der Waals surface area contributed by atoms with E-state index < -0.39 is 0 Å². The monoisotopic (exact) mass is 148 g/mol. The Balaban J connectivity index is 2.43. The van der Waals surface area contributed by atoms with Gasteiger partial charge in [-0.1, -0.05) is 0 Å². The molecule has 0 bridgehead atoms. The standard InChI is InChI=1S/C9H12N2/c1-7-5-10-6-11-9-4-2-3-8(7)9/h6H,2-5H2,1H3. The molecule has 0 radical (unpaired) electrons. The van der Waals surface area contributed by atoms with Crippen molar-refractivity contribution in [1.29, 1.82) is 0 Å². The van der Waals surface area contributed by atoms with Gasteiger partial charge in [0.05, 0.1) is 6.54 Å². The van der Waals surface area contributed by atoms with Crippen LogP contribution in [-0.2, 0) is 0 Å². The van der Waals surface area contributed by atoms with Gasteiger partial charge in [0.15, 0.2) is 0 Å². The SMILES string of the molecule is CC1=C2CCCC2=NC=NC1. The minimum atomic E-state index is 0.850. The maximum atomic E-state index is 4.30. The van der Waals surface area contributed by atoms with Gasteiger partial charge in [-0.3, -0.25) is 4.99 Å². The zero-order chi connectivity index (χ0) is 7.68. The predicted molar refractivity (Wildman–Crippen MR) is 47.3 cm³/mol. The van der Waals surface area contributed by atoms with E-state index in [1.165, 1.54) is 29.7 Å². The summed E-state index contributed by atoms with van der Waals surface area (Å²) in [5.41, 5.74) is 4.17. The summed E-state index contributed by atoms with van der Waals surface area (Å²) in [5.74, 6) is 0. The van der Waals surface area contributed by atoms with Crippen molar-refractivity contribution in [2.24, 2.45) is 9.98 Å². The molecule has 1 aliphatic carbocycles. The van der Waals surface area contributed by atoms with E-state index in [1.807, 2.05) is 0 Å². The molecule has 0 aromatic carbocycles. The van der Waals surface area contributed by atoms with Crippen molar-refractivity contribution in [2.45, 2.75) is 26.2 Å². The van der Waals surface area contributed by atoms with Crippen LogP contribution in [0, 0.1) is 0 Å². The van der Waals surface area contributed by atoms with Crippen molar-refractivity contribution in [1.82, 2.24) is 0 Å². The van der Waals surface area contributed by atoms with E-state index in [1.54, 1.807) is 6.34 Å². The van der Waals surface area contributed by atoms with Gasteiger partial charge in [0, 0.05) is 5.71 Å². The van der Waals surface area contributed by atoms with Crippen LogP contribution in [0.4, 0.5) is 0 Å². The third-order valence-electron chi connectivity index (χ3n) is 2.33. The Morgan fingerprint density at radius 2 is 2.27 bits per heavy atom. The van der Waals surface area contributed by atoms with Gasteiger partial charge in [0.25, 0.3) is 0 Å². The molecule has 2 heteroatoms. The van der Waals surface area contributed by atoms with E-state index in [0.717, 1.165) is 13.0 Å². The van der Waals surface area contributed by atoms with Gasteiger partial charge in [-0.25, -0.2) is 4.99 Å². The highest BCUT2D eigenvalue weighted by Gasteiger charge is 2.17. The number of allylic oxidation sites excluding steroid dienone is 1. The fourth-order valence-corrected chi connectivity index (χ4v) is 1.71. The molecule has 2 rings (SSSR count). The predicted octanol–water partition coefficient (Wildman–Crippen LogP) is 1.97. The van der Waals surface area contributed by atoms with E-state index in [2.05, 4.69) is 16.9 Å². The molecule has 1 fully saturated rings. The molecule has 1 aliphatic heterocycles. The van der Waals surface area contributed by atoms with Gasteiger partial charge < -0.3 is 0 Å². The maximum absolute atomic E-state index is 4.30. The fourth-order valence-electron chi connectivity index (χ4n) is 1.71. The second-order valence-electron chi connectivity index (χ2n) is 3.14. The van der Waals surface area contributed by atoms with Crippen LogP contribution < -0.4 is 0 Å². The minimum Gasteiger partial charge on any atom is -0.269 e. The van der Waals surface area contributed by atoms with Crippen LogP contribution in [-0.4, -0.2) is 18.6 Å². The topological polar surface area (TPSA) is 24.7 Å². The number of hydrogen-bond acceptors (Lipinski definition) is 2. The number of aliphatic imine (C=N–C) groups is 2. The first kappa shape index (κ1) is 6.77. The summed E-state index contributed by atoms with van der Waals surface area (Å²) < 4.78 is 0. The summed E-state index contributed by atoms with van der Waals surface area (Å²) in [4.78, 5) is 8.47. The van der Waals surface area contributed by atoms with Crippen molar-refractivity contribution in [3.05, 3.63) is 11.1 Å². The molecule has 0 aromatic heterocycles. The normalized spacial score (nSPS) is 23.2. The molecule has 11 heavy (non-hydrogen) atoms. The second-order valence-corrected chi connectivity index (χ2v) is 3.14. The Bertz CT molecular complexity index is 259. The molecule has 0 N–H and O–H groups in total. The highest BCUT2D eigenvalue weighted by molar-refractivity contribution is 6.06. The lowest BCUT2D eigenvalue weighted by atomic mass is 10.1. The van der Waals surface area contributed by atoms with E-state index in [-0.39, 0.29) is 0 Å². The first-order valence-corrected chi connectivity index (χ1v) is 4.12. The molecule has 58 valence electrons. The van der Waals surface area contributed by atoms with Crippen LogP contribution in [0.5, 0.6) is 0 Å². The molecule has 2 aliphatic rings. The highest BCUT2D eigenvalue weighted by Crippen LogP contribution is 2.25. The van der Waals surface area contributed by atoms with Gasteiger partial charge in [0.2, 0.25) is 0 Å². The van der Waals surface area contributed by atoms with E-state index in [9.17, 15) is 0 Å². The molecular weight excluding hydrogens is 136 g/mol. The van der Waals surface area contributed by atoms with Gasteiger partial charge in [0.1, 0.15) is 6.34 Å². The summed E-state index contributed by atoms with van der Waals surface area (Å²) in [7, 11) is 0. The molecule has 0 spiro atoms. The summed E-state index contributed by atoms with van der Waals surface area (Å²) >= 11 is 0. The molecule has 0 saturated heterocycles. The lowest BCUT2D eigenvalue weighted by molar-refractivity contribution is 0.932. The van der Waals surface area contributed by atoms with Crippen LogP contribution in [0.2, 0.25) is 0 Å². The van der Waals surface area contributed by atoms with Gasteiger partial charge in [-0.2, -0.15) is 0 Å². The quantitative estimate of drug-likeness (QED) is 0.501. The van der Waals surface area contributed by atoms with Crippen molar-refractivity contribution in [3.63, 3.8) is 0 Å². The first-order valence-electron chi connectivity index (χ1n) is 4.12. The second kappa shape index (κ2) is 2.61. The van der Waals surface area contributed by atoms with Crippen LogP contribution in [0.1, 0.15) is 26.2 Å². The van der Waals surface area contributed by atoms with Crippen molar-refractivity contribution < 1.29 is 0 Å². The van der Waals surface area contributed by atoms with E-state index in [0.29, 0.717) is 0 Å². The van der Waals surface area contributed by atoms with Crippen LogP contribution in [0.15, 0.2) is 21.1 Å². The Morgan fingerprint density at radius 3 is 3.18 bits per heavy atom. The minimum absolute atomic E-state index is 0.850. The number of nitrogens with zero attached hydrogens (tertiary/aromatic N) is 2. The molecule has 1 heterocycles. The number of rotatable bonds is 0. The van der Waals surface area contributed by atoms with Crippen LogP contribution >= 0.6 is 0 Å². The van der Waals surface area contributed by atoms with Crippen molar-refractivity contribution in [2.75, 3.05) is 6.54 Å². The molecule has 0 atom stereocenters. The average molecular weight is 148 g/mol. The number of fused-ring (bicyclic) bond motifs is 1. The first-order chi connectivity index (χ1) is 5.38. The summed E-state index contributed by atoms with van der Waals surface area (Å²) in [6, 6.07) is 0. The largest absolute Gasteiger partial charge is 0.269 e. The Hall–Kier alpha value is -0.920. The summed E-state index contributed by atoms with van der Waals surface area (Å²) in [6.07, 6.45) is 5.35. The Labute approximate surface area is 66.7 Å². The Morgan fingerprint density at radius 1 is 1.36 bits per heavy atom. The molecule has 0 aromatic rings. The zero-order valence-corrected chi connectivity index (χ0v) is 6.80. The van der Waals surface area contributed by atoms with E-state index in [4.69, 9.17) is 0 Å². The van der Waals surface area contributed by atoms with E-state index >= 15 is 0 Å². The summed E-state index contributed by atoms with van der Waals surface area (Å²) in [6.45, 7) is 3.02. The molecule has 1 saturated carbocycles.